The number of piperazine rings is 1. The molecule has 0 bridgehead atoms. The number of hydrogen-bond acceptors (Lipinski definition) is 4. The van der Waals surface area contributed by atoms with Crippen LogP contribution in [0.4, 0.5) is 11.4 Å². The first-order valence-corrected chi connectivity index (χ1v) is 8.45. The summed E-state index contributed by atoms with van der Waals surface area (Å²) >= 11 is 5.92. The Morgan fingerprint density at radius 3 is 2.52 bits per heavy atom. The number of aromatic nitrogens is 1. The van der Waals surface area contributed by atoms with Crippen LogP contribution in [-0.2, 0) is 4.79 Å². The number of benzene rings is 1. The van der Waals surface area contributed by atoms with E-state index < -0.39 is 0 Å². The van der Waals surface area contributed by atoms with Gasteiger partial charge in [-0.05, 0) is 24.3 Å². The average Bonchev–Trinajstić information content (AvgIpc) is 2.62. The summed E-state index contributed by atoms with van der Waals surface area (Å²) in [6.45, 7) is 4.38. The molecule has 1 aromatic heterocycles. The van der Waals surface area contributed by atoms with E-state index in [0.29, 0.717) is 23.8 Å². The van der Waals surface area contributed by atoms with E-state index in [4.69, 9.17) is 11.6 Å². The van der Waals surface area contributed by atoms with Gasteiger partial charge in [0.1, 0.15) is 5.69 Å². The van der Waals surface area contributed by atoms with Gasteiger partial charge in [0.25, 0.3) is 5.91 Å². The topological polar surface area (TPSA) is 65.5 Å². The fourth-order valence-corrected chi connectivity index (χ4v) is 2.99. The molecule has 0 atom stereocenters. The maximum atomic E-state index is 12.4. The molecule has 1 aromatic carbocycles. The zero-order valence-corrected chi connectivity index (χ0v) is 14.7. The molecule has 1 N–H and O–H groups in total. The van der Waals surface area contributed by atoms with Gasteiger partial charge >= 0.3 is 0 Å². The summed E-state index contributed by atoms with van der Waals surface area (Å²) < 4.78 is 0. The number of carbonyl (C=O) groups excluding carboxylic acids is 2. The molecule has 2 aromatic rings. The minimum Gasteiger partial charge on any atom is -0.366 e. The predicted octanol–water partition coefficient (Wildman–Crippen LogP) is 2.66. The molecule has 130 valence electrons. The van der Waals surface area contributed by atoms with E-state index in [0.717, 1.165) is 18.8 Å². The molecule has 2 amide bonds. The van der Waals surface area contributed by atoms with E-state index in [-0.39, 0.29) is 17.5 Å². The smallest absolute Gasteiger partial charge is 0.274 e. The number of carbonyl (C=O) groups is 2. The van der Waals surface area contributed by atoms with Gasteiger partial charge < -0.3 is 15.1 Å². The molecule has 2 heterocycles. The number of anilines is 2. The van der Waals surface area contributed by atoms with Gasteiger partial charge in [-0.1, -0.05) is 23.7 Å². The van der Waals surface area contributed by atoms with Crippen molar-refractivity contribution in [2.45, 2.75) is 6.92 Å². The molecule has 7 heteroatoms. The van der Waals surface area contributed by atoms with E-state index >= 15 is 0 Å². The highest BCUT2D eigenvalue weighted by Gasteiger charge is 2.21. The van der Waals surface area contributed by atoms with Crippen molar-refractivity contribution >= 4 is 34.8 Å². The van der Waals surface area contributed by atoms with Crippen LogP contribution in [0.1, 0.15) is 17.4 Å². The minimum absolute atomic E-state index is 0.0910. The van der Waals surface area contributed by atoms with Crippen molar-refractivity contribution in [3.63, 3.8) is 0 Å². The highest BCUT2D eigenvalue weighted by molar-refractivity contribution is 6.31. The van der Waals surface area contributed by atoms with Crippen LogP contribution in [0, 0.1) is 0 Å². The second kappa shape index (κ2) is 7.53. The highest BCUT2D eigenvalue weighted by atomic mass is 35.5. The summed E-state index contributed by atoms with van der Waals surface area (Å²) in [5, 5.41) is 3.37. The quantitative estimate of drug-likeness (QED) is 0.916. The molecule has 0 spiro atoms. The van der Waals surface area contributed by atoms with Gasteiger partial charge in [-0.2, -0.15) is 0 Å². The van der Waals surface area contributed by atoms with Gasteiger partial charge in [0, 0.05) is 44.3 Å². The molecular formula is C18H19ClN4O2. The predicted molar refractivity (Wildman–Crippen MR) is 98.1 cm³/mol. The Kier molecular flexibility index (Phi) is 5.19. The first-order valence-electron chi connectivity index (χ1n) is 8.07. The Morgan fingerprint density at radius 1 is 1.12 bits per heavy atom. The van der Waals surface area contributed by atoms with Gasteiger partial charge in [0.15, 0.2) is 0 Å². The van der Waals surface area contributed by atoms with Crippen molar-refractivity contribution in [2.75, 3.05) is 36.4 Å². The van der Waals surface area contributed by atoms with E-state index in [2.05, 4.69) is 15.2 Å². The monoisotopic (exact) mass is 358 g/mol. The van der Waals surface area contributed by atoms with Crippen molar-refractivity contribution in [3.05, 3.63) is 53.3 Å². The number of rotatable bonds is 3. The van der Waals surface area contributed by atoms with Crippen molar-refractivity contribution in [2.24, 2.45) is 0 Å². The molecule has 0 aliphatic carbocycles. The van der Waals surface area contributed by atoms with Crippen LogP contribution in [0.15, 0.2) is 42.6 Å². The van der Waals surface area contributed by atoms with E-state index in [9.17, 15) is 9.59 Å². The zero-order valence-electron chi connectivity index (χ0n) is 13.9. The Balaban J connectivity index is 1.75. The van der Waals surface area contributed by atoms with E-state index in [1.165, 1.54) is 12.3 Å². The van der Waals surface area contributed by atoms with Crippen LogP contribution in [0.2, 0.25) is 5.02 Å². The second-order valence-electron chi connectivity index (χ2n) is 5.82. The number of halogens is 1. The van der Waals surface area contributed by atoms with Crippen molar-refractivity contribution in [1.29, 1.82) is 0 Å². The number of nitrogens with zero attached hydrogens (tertiary/aromatic N) is 3. The standard InChI is InChI=1S/C18H19ClN4O2/c1-13(24)22-8-10-23(11-9-22)17-5-3-2-4-15(17)21-18(25)16-12-14(19)6-7-20-16/h2-7,12H,8-11H2,1H3,(H,21,25). The fraction of sp³-hybridized carbons (Fsp3) is 0.278. The first-order chi connectivity index (χ1) is 12.0. The van der Waals surface area contributed by atoms with Crippen molar-refractivity contribution in [3.8, 4) is 0 Å². The molecule has 3 rings (SSSR count). The van der Waals surface area contributed by atoms with Crippen LogP contribution in [-0.4, -0.2) is 47.9 Å². The molecule has 1 fully saturated rings. The number of para-hydroxylation sites is 2. The molecule has 0 radical (unpaired) electrons. The third-order valence-electron chi connectivity index (χ3n) is 4.17. The molecular weight excluding hydrogens is 340 g/mol. The van der Waals surface area contributed by atoms with Gasteiger partial charge in [-0.15, -0.1) is 0 Å². The summed E-state index contributed by atoms with van der Waals surface area (Å²) in [7, 11) is 0. The Labute approximate surface area is 151 Å². The van der Waals surface area contributed by atoms with Gasteiger partial charge in [-0.3, -0.25) is 14.6 Å². The third-order valence-corrected chi connectivity index (χ3v) is 4.41. The third kappa shape index (κ3) is 4.09. The summed E-state index contributed by atoms with van der Waals surface area (Å²) in [6.07, 6.45) is 1.50. The molecule has 1 aliphatic rings. The lowest BCUT2D eigenvalue weighted by Crippen LogP contribution is -2.48. The summed E-state index contributed by atoms with van der Waals surface area (Å²) in [4.78, 5) is 32.0. The maximum Gasteiger partial charge on any atom is 0.274 e. The van der Waals surface area contributed by atoms with Crippen molar-refractivity contribution in [1.82, 2.24) is 9.88 Å². The number of amides is 2. The highest BCUT2D eigenvalue weighted by Crippen LogP contribution is 2.27. The first kappa shape index (κ1) is 17.2. The van der Waals surface area contributed by atoms with E-state index in [1.54, 1.807) is 13.0 Å². The van der Waals surface area contributed by atoms with Crippen LogP contribution >= 0.6 is 11.6 Å². The number of nitrogens with one attached hydrogen (secondary N) is 1. The second-order valence-corrected chi connectivity index (χ2v) is 6.26. The summed E-state index contributed by atoms with van der Waals surface area (Å²) in [5.74, 6) is -0.217. The summed E-state index contributed by atoms with van der Waals surface area (Å²) in [5.41, 5.74) is 1.91. The molecule has 1 saturated heterocycles. The molecule has 0 unspecified atom stereocenters. The molecule has 1 aliphatic heterocycles. The van der Waals surface area contributed by atoms with Gasteiger partial charge in [0.05, 0.1) is 11.4 Å². The normalized spacial score (nSPS) is 14.3. The Bertz CT molecular complexity index is 788. The van der Waals surface area contributed by atoms with Gasteiger partial charge in [-0.25, -0.2) is 0 Å². The SMILES string of the molecule is CC(=O)N1CCN(c2ccccc2NC(=O)c2cc(Cl)ccn2)CC1. The van der Waals surface area contributed by atoms with E-state index in [1.807, 2.05) is 29.2 Å². The lowest BCUT2D eigenvalue weighted by Gasteiger charge is -2.36. The van der Waals surface area contributed by atoms with Crippen LogP contribution in [0.3, 0.4) is 0 Å². The Hall–Kier alpha value is -2.60. The van der Waals surface area contributed by atoms with Crippen LogP contribution < -0.4 is 10.2 Å². The van der Waals surface area contributed by atoms with Gasteiger partial charge in [0.2, 0.25) is 5.91 Å². The van der Waals surface area contributed by atoms with Crippen molar-refractivity contribution < 1.29 is 9.59 Å². The fourth-order valence-electron chi connectivity index (χ4n) is 2.83. The Morgan fingerprint density at radius 2 is 1.84 bits per heavy atom. The minimum atomic E-state index is -0.308. The van der Waals surface area contributed by atoms with Crippen LogP contribution in [0.25, 0.3) is 0 Å². The maximum absolute atomic E-state index is 12.4. The summed E-state index contributed by atoms with van der Waals surface area (Å²) in [6, 6.07) is 10.8. The van der Waals surface area contributed by atoms with Crippen LogP contribution in [0.5, 0.6) is 0 Å². The average molecular weight is 359 g/mol. The largest absolute Gasteiger partial charge is 0.366 e. The molecule has 25 heavy (non-hydrogen) atoms. The molecule has 0 saturated carbocycles. The zero-order chi connectivity index (χ0) is 17.8. The lowest BCUT2D eigenvalue weighted by atomic mass is 10.2. The lowest BCUT2D eigenvalue weighted by molar-refractivity contribution is -0.129. The molecule has 6 nitrogen and oxygen atoms in total. The number of pyridine rings is 1. The number of hydrogen-bond donors (Lipinski definition) is 1.